The Morgan fingerprint density at radius 1 is 1.25 bits per heavy atom. The van der Waals surface area contributed by atoms with Crippen LogP contribution in [0.3, 0.4) is 0 Å². The van der Waals surface area contributed by atoms with Crippen LogP contribution < -0.4 is 10.6 Å². The van der Waals surface area contributed by atoms with Gasteiger partial charge in [0.1, 0.15) is 0 Å². The van der Waals surface area contributed by atoms with Crippen molar-refractivity contribution in [3.05, 3.63) is 23.3 Å². The molecule has 2 N–H and O–H groups in total. The number of ether oxygens (including phenoxy) is 1. The van der Waals surface area contributed by atoms with Gasteiger partial charge in [0.05, 0.1) is 24.6 Å². The maximum absolute atomic E-state index is 12.4. The van der Waals surface area contributed by atoms with Crippen molar-refractivity contribution in [1.29, 1.82) is 0 Å². The number of rotatable bonds is 2. The molecule has 1 saturated heterocycles. The van der Waals surface area contributed by atoms with Crippen molar-refractivity contribution in [2.24, 2.45) is 0 Å². The second kappa shape index (κ2) is 4.98. The van der Waals surface area contributed by atoms with Crippen molar-refractivity contribution in [3.8, 4) is 0 Å². The van der Waals surface area contributed by atoms with E-state index in [1.54, 1.807) is 0 Å². The highest BCUT2D eigenvalue weighted by Gasteiger charge is 2.30. The maximum atomic E-state index is 12.4. The Morgan fingerprint density at radius 3 is 2.60 bits per heavy atom. The van der Waals surface area contributed by atoms with Gasteiger partial charge in [0, 0.05) is 31.2 Å². The summed E-state index contributed by atoms with van der Waals surface area (Å²) in [5.74, 6) is 0.115. The van der Waals surface area contributed by atoms with Crippen LogP contribution in [0.2, 0.25) is 0 Å². The van der Waals surface area contributed by atoms with Gasteiger partial charge in [0.2, 0.25) is 0 Å². The van der Waals surface area contributed by atoms with Gasteiger partial charge in [-0.25, -0.2) is 0 Å². The molecule has 3 rings (SSSR count). The first-order valence-electron chi connectivity index (χ1n) is 7.14. The van der Waals surface area contributed by atoms with E-state index in [0.717, 1.165) is 35.6 Å². The topological polar surface area (TPSA) is 58.8 Å². The van der Waals surface area contributed by atoms with Crippen LogP contribution in [0.4, 0.5) is 11.4 Å². The largest absolute Gasteiger partial charge is 0.397 e. The van der Waals surface area contributed by atoms with Gasteiger partial charge in [0.25, 0.3) is 5.91 Å². The molecule has 5 nitrogen and oxygen atoms in total. The Labute approximate surface area is 119 Å². The molecule has 2 aliphatic rings. The normalized spacial score (nSPS) is 18.9. The molecule has 0 saturated carbocycles. The molecule has 0 atom stereocenters. The lowest BCUT2D eigenvalue weighted by Crippen LogP contribution is -2.36. The number of nitrogen functional groups attached to an aromatic ring is 1. The number of nitrogens with zero attached hydrogens (tertiary/aromatic N) is 2. The zero-order valence-electron chi connectivity index (χ0n) is 12.1. The number of nitrogens with two attached hydrogens (primary N) is 1. The summed E-state index contributed by atoms with van der Waals surface area (Å²) in [6, 6.07) is 4.13. The fourth-order valence-electron chi connectivity index (χ4n) is 2.89. The molecule has 0 aromatic heterocycles. The van der Waals surface area contributed by atoms with Crippen molar-refractivity contribution in [2.75, 3.05) is 36.9 Å². The second-order valence-electron chi connectivity index (χ2n) is 5.69. The van der Waals surface area contributed by atoms with Crippen molar-refractivity contribution in [2.45, 2.75) is 26.4 Å². The summed E-state index contributed by atoms with van der Waals surface area (Å²) < 4.78 is 5.37. The minimum atomic E-state index is 0.115. The molecule has 2 heterocycles. The molecular formula is C15H21N3O2. The number of hydrogen-bond acceptors (Lipinski definition) is 4. The van der Waals surface area contributed by atoms with E-state index >= 15 is 0 Å². The third-order valence-corrected chi connectivity index (χ3v) is 4.06. The van der Waals surface area contributed by atoms with E-state index in [2.05, 4.69) is 4.90 Å². The minimum absolute atomic E-state index is 0.115. The summed E-state index contributed by atoms with van der Waals surface area (Å²) in [5.41, 5.74) is 9.74. The fraction of sp³-hybridized carbons (Fsp3) is 0.533. The number of amides is 1. The molecule has 20 heavy (non-hydrogen) atoms. The molecule has 0 bridgehead atoms. The second-order valence-corrected chi connectivity index (χ2v) is 5.69. The Kier molecular flexibility index (Phi) is 3.30. The summed E-state index contributed by atoms with van der Waals surface area (Å²) in [5, 5.41) is 0. The zero-order valence-corrected chi connectivity index (χ0v) is 12.1. The third kappa shape index (κ3) is 2.12. The Balaban J connectivity index is 1.95. The molecule has 0 aliphatic carbocycles. The van der Waals surface area contributed by atoms with Crippen LogP contribution in [-0.4, -0.2) is 43.2 Å². The van der Waals surface area contributed by atoms with Crippen molar-refractivity contribution < 1.29 is 9.53 Å². The average molecular weight is 275 g/mol. The van der Waals surface area contributed by atoms with E-state index in [1.807, 2.05) is 30.9 Å². The van der Waals surface area contributed by atoms with Gasteiger partial charge in [-0.3, -0.25) is 4.79 Å². The first-order chi connectivity index (χ1) is 9.58. The van der Waals surface area contributed by atoms with Crippen molar-refractivity contribution in [3.63, 3.8) is 0 Å². The van der Waals surface area contributed by atoms with Crippen LogP contribution in [0, 0.1) is 0 Å². The highest BCUT2D eigenvalue weighted by Crippen LogP contribution is 2.33. The number of carbonyl (C=O) groups excluding carboxylic acids is 1. The Hall–Kier alpha value is -1.75. The monoisotopic (exact) mass is 275 g/mol. The lowest BCUT2D eigenvalue weighted by atomic mass is 10.1. The van der Waals surface area contributed by atoms with E-state index in [0.29, 0.717) is 19.8 Å². The van der Waals surface area contributed by atoms with Crippen LogP contribution >= 0.6 is 0 Å². The van der Waals surface area contributed by atoms with Gasteiger partial charge in [-0.15, -0.1) is 0 Å². The van der Waals surface area contributed by atoms with E-state index in [9.17, 15) is 4.79 Å². The molecule has 1 aromatic carbocycles. The Morgan fingerprint density at radius 2 is 1.95 bits per heavy atom. The predicted octanol–water partition coefficient (Wildman–Crippen LogP) is 1.47. The van der Waals surface area contributed by atoms with Gasteiger partial charge in [0.15, 0.2) is 0 Å². The van der Waals surface area contributed by atoms with E-state index in [-0.39, 0.29) is 11.9 Å². The van der Waals surface area contributed by atoms with Crippen molar-refractivity contribution in [1.82, 2.24) is 4.90 Å². The molecule has 5 heteroatoms. The molecule has 0 spiro atoms. The molecule has 108 valence electrons. The first-order valence-corrected chi connectivity index (χ1v) is 7.14. The van der Waals surface area contributed by atoms with Crippen LogP contribution in [0.5, 0.6) is 0 Å². The highest BCUT2D eigenvalue weighted by atomic mass is 16.5. The summed E-state index contributed by atoms with van der Waals surface area (Å²) >= 11 is 0. The zero-order chi connectivity index (χ0) is 14.3. The van der Waals surface area contributed by atoms with E-state index in [4.69, 9.17) is 10.5 Å². The molecular weight excluding hydrogens is 254 g/mol. The minimum Gasteiger partial charge on any atom is -0.397 e. The predicted molar refractivity (Wildman–Crippen MR) is 78.9 cm³/mol. The molecule has 0 unspecified atom stereocenters. The number of benzene rings is 1. The SMILES string of the molecule is CC(C)N1Cc2cc(N)c(N3CCOCC3)cc2C1=O. The van der Waals surface area contributed by atoms with Crippen LogP contribution in [0.25, 0.3) is 0 Å². The fourth-order valence-corrected chi connectivity index (χ4v) is 2.89. The van der Waals surface area contributed by atoms with E-state index in [1.165, 1.54) is 0 Å². The van der Waals surface area contributed by atoms with Gasteiger partial charge >= 0.3 is 0 Å². The number of hydrogen-bond donors (Lipinski definition) is 1. The molecule has 1 aromatic rings. The van der Waals surface area contributed by atoms with Gasteiger partial charge in [-0.05, 0) is 31.5 Å². The summed E-state index contributed by atoms with van der Waals surface area (Å²) in [6.45, 7) is 7.81. The molecule has 0 radical (unpaired) electrons. The lowest BCUT2D eigenvalue weighted by Gasteiger charge is -2.30. The average Bonchev–Trinajstić information content (AvgIpc) is 2.75. The van der Waals surface area contributed by atoms with Gasteiger partial charge in [-0.1, -0.05) is 0 Å². The molecule has 1 amide bonds. The lowest BCUT2D eigenvalue weighted by molar-refractivity contribution is 0.0730. The number of morpholine rings is 1. The molecule has 1 fully saturated rings. The standard InChI is InChI=1S/C15H21N3O2/c1-10(2)18-9-11-7-13(16)14(8-12(11)15(18)19)17-3-5-20-6-4-17/h7-8,10H,3-6,9,16H2,1-2H3. The number of anilines is 2. The molecule has 2 aliphatic heterocycles. The summed E-state index contributed by atoms with van der Waals surface area (Å²) in [7, 11) is 0. The number of fused-ring (bicyclic) bond motifs is 1. The maximum Gasteiger partial charge on any atom is 0.254 e. The summed E-state index contributed by atoms with van der Waals surface area (Å²) in [4.78, 5) is 16.5. The smallest absolute Gasteiger partial charge is 0.254 e. The van der Waals surface area contributed by atoms with Crippen LogP contribution in [-0.2, 0) is 11.3 Å². The highest BCUT2D eigenvalue weighted by molar-refractivity contribution is 6.00. The third-order valence-electron chi connectivity index (χ3n) is 4.06. The van der Waals surface area contributed by atoms with Gasteiger partial charge in [-0.2, -0.15) is 0 Å². The quantitative estimate of drug-likeness (QED) is 0.830. The van der Waals surface area contributed by atoms with Crippen LogP contribution in [0.1, 0.15) is 29.8 Å². The Bertz CT molecular complexity index is 536. The van der Waals surface area contributed by atoms with Crippen molar-refractivity contribution >= 4 is 17.3 Å². The van der Waals surface area contributed by atoms with Crippen LogP contribution in [0.15, 0.2) is 12.1 Å². The van der Waals surface area contributed by atoms with E-state index < -0.39 is 0 Å². The number of carbonyl (C=O) groups is 1. The summed E-state index contributed by atoms with van der Waals surface area (Å²) in [6.07, 6.45) is 0. The van der Waals surface area contributed by atoms with Gasteiger partial charge < -0.3 is 20.3 Å². The first kappa shape index (κ1) is 13.2.